The molecule has 0 unspecified atom stereocenters. The normalized spacial score (nSPS) is 10.9. The maximum atomic E-state index is 12.7. The first-order valence-electron chi connectivity index (χ1n) is 7.81. The fourth-order valence-corrected chi connectivity index (χ4v) is 3.41. The molecule has 24 heavy (non-hydrogen) atoms. The molecule has 0 bridgehead atoms. The molecule has 2 rings (SSSR count). The van der Waals surface area contributed by atoms with Crippen molar-refractivity contribution >= 4 is 28.9 Å². The van der Waals surface area contributed by atoms with Crippen molar-refractivity contribution in [1.82, 2.24) is 4.98 Å². The number of carbonyl (C=O) groups excluding carboxylic acids is 1. The van der Waals surface area contributed by atoms with Crippen LogP contribution in [0.4, 0.5) is 5.69 Å². The zero-order valence-electron chi connectivity index (χ0n) is 14.6. The third-order valence-corrected chi connectivity index (χ3v) is 4.67. The predicted octanol–water partition coefficient (Wildman–Crippen LogP) is 4.22. The Morgan fingerprint density at radius 1 is 1.21 bits per heavy atom. The van der Waals surface area contributed by atoms with Crippen molar-refractivity contribution in [2.24, 2.45) is 5.92 Å². The lowest BCUT2D eigenvalue weighted by Crippen LogP contribution is -2.15. The van der Waals surface area contributed by atoms with Gasteiger partial charge in [0.25, 0.3) is 5.91 Å². The van der Waals surface area contributed by atoms with Gasteiger partial charge in [0.2, 0.25) is 0 Å². The Labute approximate surface area is 145 Å². The van der Waals surface area contributed by atoms with Crippen LogP contribution in [0.25, 0.3) is 0 Å². The molecular weight excluding hydrogens is 324 g/mol. The quantitative estimate of drug-likeness (QED) is 0.849. The van der Waals surface area contributed by atoms with Gasteiger partial charge in [0.15, 0.2) is 0 Å². The van der Waals surface area contributed by atoms with Crippen molar-refractivity contribution in [3.8, 4) is 0 Å². The van der Waals surface area contributed by atoms with E-state index in [0.717, 1.165) is 22.7 Å². The summed E-state index contributed by atoms with van der Waals surface area (Å²) in [4.78, 5) is 29.0. The fourth-order valence-electron chi connectivity index (χ4n) is 2.57. The summed E-state index contributed by atoms with van der Waals surface area (Å²) in [6.45, 7) is 9.64. The van der Waals surface area contributed by atoms with Crippen molar-refractivity contribution in [1.29, 1.82) is 0 Å². The summed E-state index contributed by atoms with van der Waals surface area (Å²) >= 11 is 1.36. The van der Waals surface area contributed by atoms with Gasteiger partial charge in [-0.15, -0.1) is 11.3 Å². The number of hydrogen-bond donors (Lipinski definition) is 2. The lowest BCUT2D eigenvalue weighted by Gasteiger charge is -2.12. The molecule has 1 aromatic carbocycles. The van der Waals surface area contributed by atoms with Crippen LogP contribution >= 0.6 is 11.3 Å². The number of hydrogen-bond acceptors (Lipinski definition) is 4. The molecule has 1 amide bonds. The average molecular weight is 346 g/mol. The standard InChI is InChI=1S/C18H22N2O3S/c1-9(2)6-15-16(24-12(5)19-15)17(21)20-14-8-13(18(22)23)10(3)7-11(14)4/h7-9H,6H2,1-5H3,(H,20,21)(H,22,23). The van der Waals surface area contributed by atoms with E-state index >= 15 is 0 Å². The summed E-state index contributed by atoms with van der Waals surface area (Å²) in [5.74, 6) is -0.838. The second kappa shape index (κ2) is 7.13. The minimum atomic E-state index is -1.00. The zero-order valence-corrected chi connectivity index (χ0v) is 15.4. The van der Waals surface area contributed by atoms with Crippen LogP contribution in [0.15, 0.2) is 12.1 Å². The van der Waals surface area contributed by atoms with Gasteiger partial charge in [-0.2, -0.15) is 0 Å². The number of amides is 1. The molecular formula is C18H22N2O3S. The second-order valence-corrected chi connectivity index (χ2v) is 7.55. The van der Waals surface area contributed by atoms with Crippen LogP contribution in [0.2, 0.25) is 0 Å². The Hall–Kier alpha value is -2.21. The number of benzene rings is 1. The highest BCUT2D eigenvalue weighted by Crippen LogP contribution is 2.25. The van der Waals surface area contributed by atoms with E-state index in [-0.39, 0.29) is 11.5 Å². The maximum Gasteiger partial charge on any atom is 0.336 e. The molecule has 1 heterocycles. The van der Waals surface area contributed by atoms with E-state index < -0.39 is 5.97 Å². The molecule has 0 aliphatic heterocycles. The lowest BCUT2D eigenvalue weighted by molar-refractivity contribution is 0.0695. The van der Waals surface area contributed by atoms with E-state index in [2.05, 4.69) is 24.1 Å². The van der Waals surface area contributed by atoms with Crippen LogP contribution in [0.1, 0.15) is 55.7 Å². The second-order valence-electron chi connectivity index (χ2n) is 6.35. The maximum absolute atomic E-state index is 12.7. The molecule has 0 radical (unpaired) electrons. The third-order valence-electron chi connectivity index (χ3n) is 3.66. The Kier molecular flexibility index (Phi) is 5.39. The summed E-state index contributed by atoms with van der Waals surface area (Å²) in [6, 6.07) is 3.28. The molecule has 128 valence electrons. The number of rotatable bonds is 5. The molecule has 0 aliphatic rings. The lowest BCUT2D eigenvalue weighted by atomic mass is 10.0. The smallest absolute Gasteiger partial charge is 0.336 e. The van der Waals surface area contributed by atoms with Gasteiger partial charge in [-0.25, -0.2) is 9.78 Å². The summed E-state index contributed by atoms with van der Waals surface area (Å²) < 4.78 is 0. The van der Waals surface area contributed by atoms with Crippen molar-refractivity contribution in [2.45, 2.75) is 41.0 Å². The van der Waals surface area contributed by atoms with E-state index in [1.54, 1.807) is 13.0 Å². The summed E-state index contributed by atoms with van der Waals surface area (Å²) in [6.07, 6.45) is 0.736. The summed E-state index contributed by atoms with van der Waals surface area (Å²) in [7, 11) is 0. The molecule has 2 aromatic rings. The van der Waals surface area contributed by atoms with Crippen LogP contribution < -0.4 is 5.32 Å². The number of carboxylic acids is 1. The average Bonchev–Trinajstić information content (AvgIpc) is 2.81. The summed E-state index contributed by atoms with van der Waals surface area (Å²) in [5, 5.41) is 13.0. The van der Waals surface area contributed by atoms with E-state index in [1.165, 1.54) is 17.4 Å². The van der Waals surface area contributed by atoms with E-state index in [9.17, 15) is 14.7 Å². The summed E-state index contributed by atoms with van der Waals surface area (Å²) in [5.41, 5.74) is 3.01. The van der Waals surface area contributed by atoms with Crippen LogP contribution in [0.3, 0.4) is 0 Å². The number of nitrogens with zero attached hydrogens (tertiary/aromatic N) is 1. The molecule has 0 saturated heterocycles. The molecule has 2 N–H and O–H groups in total. The van der Waals surface area contributed by atoms with Crippen molar-refractivity contribution in [3.05, 3.63) is 44.4 Å². The highest BCUT2D eigenvalue weighted by Gasteiger charge is 2.19. The Balaban J connectivity index is 2.34. The van der Waals surface area contributed by atoms with Gasteiger partial charge in [0.1, 0.15) is 4.88 Å². The van der Waals surface area contributed by atoms with Crippen molar-refractivity contribution in [2.75, 3.05) is 5.32 Å². The first-order valence-corrected chi connectivity index (χ1v) is 8.63. The van der Waals surface area contributed by atoms with Crippen LogP contribution in [-0.2, 0) is 6.42 Å². The van der Waals surface area contributed by atoms with Gasteiger partial charge >= 0.3 is 5.97 Å². The van der Waals surface area contributed by atoms with Crippen molar-refractivity contribution in [3.63, 3.8) is 0 Å². The molecule has 1 aromatic heterocycles. The number of thiazole rings is 1. The van der Waals surface area contributed by atoms with Gasteiger partial charge in [-0.1, -0.05) is 19.9 Å². The highest BCUT2D eigenvalue weighted by atomic mass is 32.1. The first-order chi connectivity index (χ1) is 11.2. The number of anilines is 1. The van der Waals surface area contributed by atoms with Crippen LogP contribution in [0, 0.1) is 26.7 Å². The number of carboxylic acid groups (broad SMARTS) is 1. The number of nitrogens with one attached hydrogen (secondary N) is 1. The molecule has 0 spiro atoms. The molecule has 6 heteroatoms. The molecule has 0 fully saturated rings. The van der Waals surface area contributed by atoms with E-state index in [0.29, 0.717) is 22.0 Å². The molecule has 5 nitrogen and oxygen atoms in total. The van der Waals surface area contributed by atoms with Gasteiger partial charge in [0.05, 0.1) is 16.3 Å². The molecule has 0 aliphatic carbocycles. The van der Waals surface area contributed by atoms with Gasteiger partial charge in [0, 0.05) is 5.69 Å². The third kappa shape index (κ3) is 4.00. The number of aromatic carboxylic acids is 1. The van der Waals surface area contributed by atoms with Crippen LogP contribution in [0.5, 0.6) is 0 Å². The minimum Gasteiger partial charge on any atom is -0.478 e. The Bertz CT molecular complexity index is 794. The first kappa shape index (κ1) is 18.1. The fraction of sp³-hybridized carbons (Fsp3) is 0.389. The molecule has 0 saturated carbocycles. The Morgan fingerprint density at radius 2 is 1.88 bits per heavy atom. The van der Waals surface area contributed by atoms with Gasteiger partial charge < -0.3 is 10.4 Å². The van der Waals surface area contributed by atoms with Crippen LogP contribution in [-0.4, -0.2) is 22.0 Å². The SMILES string of the molecule is Cc1nc(CC(C)C)c(C(=O)Nc2cc(C(=O)O)c(C)cc2C)s1. The zero-order chi connectivity index (χ0) is 18.0. The van der Waals surface area contributed by atoms with E-state index in [1.807, 2.05) is 13.8 Å². The number of aromatic nitrogens is 1. The van der Waals surface area contributed by atoms with Gasteiger partial charge in [-0.05, 0) is 50.3 Å². The predicted molar refractivity (Wildman–Crippen MR) is 96.2 cm³/mol. The molecule has 0 atom stereocenters. The van der Waals surface area contributed by atoms with Crippen molar-refractivity contribution < 1.29 is 14.7 Å². The monoisotopic (exact) mass is 346 g/mol. The highest BCUT2D eigenvalue weighted by molar-refractivity contribution is 7.13. The number of aryl methyl sites for hydroxylation is 3. The number of carbonyl (C=O) groups is 2. The van der Waals surface area contributed by atoms with Gasteiger partial charge in [-0.3, -0.25) is 4.79 Å². The Morgan fingerprint density at radius 3 is 2.46 bits per heavy atom. The van der Waals surface area contributed by atoms with E-state index in [4.69, 9.17) is 0 Å². The largest absolute Gasteiger partial charge is 0.478 e. The topological polar surface area (TPSA) is 79.3 Å². The minimum absolute atomic E-state index is 0.193.